The second kappa shape index (κ2) is 10.4. The molecule has 0 unspecified atom stereocenters. The lowest BCUT2D eigenvalue weighted by atomic mass is 10.0. The van der Waals surface area contributed by atoms with E-state index >= 15 is 0 Å². The average molecular weight is 409 g/mol. The number of benzene rings is 2. The Bertz CT molecular complexity index is 690. The lowest BCUT2D eigenvalue weighted by molar-refractivity contribution is 0.0274. The highest BCUT2D eigenvalue weighted by Gasteiger charge is 2.36. The van der Waals surface area contributed by atoms with Crippen molar-refractivity contribution in [3.8, 4) is 0 Å². The first-order valence-electron chi connectivity index (χ1n) is 9.57. The Kier molecular flexibility index (Phi) is 8.59. The molecule has 0 saturated carbocycles. The molecule has 1 N–H and O–H groups in total. The summed E-state index contributed by atoms with van der Waals surface area (Å²) in [5, 5.41) is 10.5. The SMILES string of the molecule is Cl.Cl.O[C@@H]1Cc2ccccc2[C@@H]1N1CCN(CCCc2ccccc2)CC1. The summed E-state index contributed by atoms with van der Waals surface area (Å²) >= 11 is 0. The molecule has 1 aliphatic carbocycles. The van der Waals surface area contributed by atoms with Gasteiger partial charge in [0.2, 0.25) is 0 Å². The van der Waals surface area contributed by atoms with Crippen LogP contribution < -0.4 is 0 Å². The number of fused-ring (bicyclic) bond motifs is 1. The highest BCUT2D eigenvalue weighted by molar-refractivity contribution is 5.85. The number of halogens is 2. The van der Waals surface area contributed by atoms with E-state index < -0.39 is 0 Å². The van der Waals surface area contributed by atoms with Gasteiger partial charge in [0.15, 0.2) is 0 Å². The third kappa shape index (κ3) is 5.24. The molecule has 3 nitrogen and oxygen atoms in total. The first kappa shape index (κ1) is 22.2. The van der Waals surface area contributed by atoms with Crippen LogP contribution in [0.15, 0.2) is 54.6 Å². The summed E-state index contributed by atoms with van der Waals surface area (Å²) in [5.74, 6) is 0. The number of nitrogens with zero attached hydrogens (tertiary/aromatic N) is 2. The molecule has 2 aliphatic rings. The number of hydrogen-bond donors (Lipinski definition) is 1. The molecule has 5 heteroatoms. The number of piperazine rings is 1. The van der Waals surface area contributed by atoms with Gasteiger partial charge in [-0.25, -0.2) is 0 Å². The van der Waals surface area contributed by atoms with E-state index in [4.69, 9.17) is 0 Å². The largest absolute Gasteiger partial charge is 0.391 e. The van der Waals surface area contributed by atoms with Crippen LogP contribution in [0.4, 0.5) is 0 Å². The third-order valence-electron chi connectivity index (χ3n) is 5.75. The number of aryl methyl sites for hydroxylation is 1. The van der Waals surface area contributed by atoms with Crippen LogP contribution in [0.1, 0.15) is 29.2 Å². The Labute approximate surface area is 175 Å². The van der Waals surface area contributed by atoms with E-state index in [1.54, 1.807) is 0 Å². The van der Waals surface area contributed by atoms with Gasteiger partial charge < -0.3 is 10.0 Å². The van der Waals surface area contributed by atoms with Crippen LogP contribution >= 0.6 is 24.8 Å². The average Bonchev–Trinajstić information content (AvgIpc) is 2.99. The molecule has 2 aromatic rings. The van der Waals surface area contributed by atoms with Crippen LogP contribution in [0.2, 0.25) is 0 Å². The molecule has 1 saturated heterocycles. The van der Waals surface area contributed by atoms with Crippen molar-refractivity contribution in [3.05, 3.63) is 71.3 Å². The van der Waals surface area contributed by atoms with Gasteiger partial charge >= 0.3 is 0 Å². The number of aliphatic hydroxyl groups excluding tert-OH is 1. The molecule has 2 atom stereocenters. The van der Waals surface area contributed by atoms with E-state index in [0.717, 1.165) is 39.0 Å². The van der Waals surface area contributed by atoms with Gasteiger partial charge in [0.1, 0.15) is 0 Å². The molecule has 0 aromatic heterocycles. The molecule has 4 rings (SSSR count). The predicted octanol–water partition coefficient (Wildman–Crippen LogP) is 3.74. The third-order valence-corrected chi connectivity index (χ3v) is 5.75. The van der Waals surface area contributed by atoms with Gasteiger partial charge in [-0.3, -0.25) is 4.90 Å². The number of aliphatic hydroxyl groups is 1. The van der Waals surface area contributed by atoms with Crippen molar-refractivity contribution in [2.75, 3.05) is 32.7 Å². The maximum absolute atomic E-state index is 10.5. The van der Waals surface area contributed by atoms with E-state index in [1.165, 1.54) is 29.7 Å². The highest BCUT2D eigenvalue weighted by atomic mass is 35.5. The first-order valence-corrected chi connectivity index (χ1v) is 9.57. The van der Waals surface area contributed by atoms with Crippen LogP contribution in [0, 0.1) is 0 Å². The summed E-state index contributed by atoms with van der Waals surface area (Å²) in [4.78, 5) is 5.07. The molecule has 1 aliphatic heterocycles. The molecule has 0 bridgehead atoms. The predicted molar refractivity (Wildman–Crippen MR) is 116 cm³/mol. The number of hydrogen-bond acceptors (Lipinski definition) is 3. The molecular weight excluding hydrogens is 379 g/mol. The maximum atomic E-state index is 10.5. The summed E-state index contributed by atoms with van der Waals surface area (Å²) in [6.07, 6.45) is 2.94. The molecule has 148 valence electrons. The van der Waals surface area contributed by atoms with E-state index in [9.17, 15) is 5.11 Å². The van der Waals surface area contributed by atoms with Crippen molar-refractivity contribution in [2.24, 2.45) is 0 Å². The second-order valence-electron chi connectivity index (χ2n) is 7.38. The molecule has 0 amide bonds. The van der Waals surface area contributed by atoms with Crippen LogP contribution in [0.5, 0.6) is 0 Å². The zero-order valence-electron chi connectivity index (χ0n) is 15.7. The zero-order valence-corrected chi connectivity index (χ0v) is 17.3. The van der Waals surface area contributed by atoms with Crippen molar-refractivity contribution < 1.29 is 5.11 Å². The zero-order chi connectivity index (χ0) is 17.1. The quantitative estimate of drug-likeness (QED) is 0.815. The Hall–Kier alpha value is -1.10. The van der Waals surface area contributed by atoms with Crippen molar-refractivity contribution in [1.29, 1.82) is 0 Å². The molecule has 0 radical (unpaired) electrons. The summed E-state index contributed by atoms with van der Waals surface area (Å²) < 4.78 is 0. The summed E-state index contributed by atoms with van der Waals surface area (Å²) in [6.45, 7) is 5.51. The summed E-state index contributed by atoms with van der Waals surface area (Å²) in [7, 11) is 0. The Morgan fingerprint density at radius 3 is 2.26 bits per heavy atom. The molecular formula is C22H30Cl2N2O. The lowest BCUT2D eigenvalue weighted by Crippen LogP contribution is -2.49. The lowest BCUT2D eigenvalue weighted by Gasteiger charge is -2.39. The van der Waals surface area contributed by atoms with Crippen molar-refractivity contribution >= 4 is 24.8 Å². The van der Waals surface area contributed by atoms with Crippen LogP contribution in [-0.2, 0) is 12.8 Å². The molecule has 0 spiro atoms. The molecule has 2 aromatic carbocycles. The van der Waals surface area contributed by atoms with Gasteiger partial charge in [-0.15, -0.1) is 24.8 Å². The fourth-order valence-corrected chi connectivity index (χ4v) is 4.41. The molecule has 27 heavy (non-hydrogen) atoms. The van der Waals surface area contributed by atoms with Crippen molar-refractivity contribution in [3.63, 3.8) is 0 Å². The molecule has 1 heterocycles. The Balaban J connectivity index is 0.00000131. The number of rotatable bonds is 5. The maximum Gasteiger partial charge on any atom is 0.0777 e. The van der Waals surface area contributed by atoms with Crippen LogP contribution in [0.3, 0.4) is 0 Å². The fraction of sp³-hybridized carbons (Fsp3) is 0.455. The van der Waals surface area contributed by atoms with Crippen LogP contribution in [0.25, 0.3) is 0 Å². The normalized spacial score (nSPS) is 22.6. The minimum atomic E-state index is -0.248. The topological polar surface area (TPSA) is 26.7 Å². The van der Waals surface area contributed by atoms with E-state index in [-0.39, 0.29) is 37.0 Å². The standard InChI is InChI=1S/C22H28N2O.2ClH/c25-21-17-19-10-4-5-11-20(19)22(21)24-15-13-23(14-16-24)12-6-9-18-7-2-1-3-8-18;;/h1-5,7-8,10-11,21-22,25H,6,9,12-17H2;2*1H/t21-,22+;;/m1../s1. The van der Waals surface area contributed by atoms with Crippen molar-refractivity contribution in [2.45, 2.75) is 31.4 Å². The van der Waals surface area contributed by atoms with Gasteiger partial charge in [0, 0.05) is 32.6 Å². The van der Waals surface area contributed by atoms with E-state index in [0.29, 0.717) is 0 Å². The highest BCUT2D eigenvalue weighted by Crippen LogP contribution is 2.36. The van der Waals surface area contributed by atoms with Gasteiger partial charge in [-0.2, -0.15) is 0 Å². The smallest absolute Gasteiger partial charge is 0.0777 e. The van der Waals surface area contributed by atoms with Gasteiger partial charge in [0.25, 0.3) is 0 Å². The van der Waals surface area contributed by atoms with Gasteiger partial charge in [0.05, 0.1) is 12.1 Å². The van der Waals surface area contributed by atoms with Crippen molar-refractivity contribution in [1.82, 2.24) is 9.80 Å². The summed E-state index contributed by atoms with van der Waals surface area (Å²) in [6, 6.07) is 19.5. The van der Waals surface area contributed by atoms with E-state index in [2.05, 4.69) is 64.4 Å². The van der Waals surface area contributed by atoms with Gasteiger partial charge in [-0.05, 0) is 36.1 Å². The fourth-order valence-electron chi connectivity index (χ4n) is 4.41. The van der Waals surface area contributed by atoms with Crippen LogP contribution in [-0.4, -0.2) is 53.7 Å². The van der Waals surface area contributed by atoms with E-state index in [1.807, 2.05) is 0 Å². The monoisotopic (exact) mass is 408 g/mol. The minimum Gasteiger partial charge on any atom is -0.391 e. The Morgan fingerprint density at radius 1 is 0.852 bits per heavy atom. The Morgan fingerprint density at radius 2 is 1.52 bits per heavy atom. The molecule has 1 fully saturated rings. The second-order valence-corrected chi connectivity index (χ2v) is 7.38. The van der Waals surface area contributed by atoms with Gasteiger partial charge in [-0.1, -0.05) is 54.6 Å². The summed E-state index contributed by atoms with van der Waals surface area (Å²) in [5.41, 5.74) is 4.10. The minimum absolute atomic E-state index is 0. The first-order chi connectivity index (χ1) is 12.3.